The van der Waals surface area contributed by atoms with E-state index in [-0.39, 0.29) is 42.3 Å². The van der Waals surface area contributed by atoms with E-state index in [1.165, 1.54) is 0 Å². The third-order valence-electron chi connectivity index (χ3n) is 6.61. The number of hydrogen-bond acceptors (Lipinski definition) is 8. The normalized spacial score (nSPS) is 38.9. The molecule has 194 valence electrons. The zero-order valence-corrected chi connectivity index (χ0v) is 21.5. The van der Waals surface area contributed by atoms with Crippen molar-refractivity contribution in [2.75, 3.05) is 21.2 Å². The Labute approximate surface area is 204 Å². The molecule has 2 heterocycles. The molecule has 0 spiro atoms. The second kappa shape index (κ2) is 14.1. The van der Waals surface area contributed by atoms with E-state index >= 15 is 0 Å². The van der Waals surface area contributed by atoms with Crippen LogP contribution in [0.25, 0.3) is 0 Å². The molecule has 8 atom stereocenters. The molecule has 1 saturated heterocycles. The zero-order chi connectivity index (χ0) is 25.3. The number of hydrogen-bond donors (Lipinski definition) is 1. The van der Waals surface area contributed by atoms with E-state index in [0.717, 1.165) is 0 Å². The quantitative estimate of drug-likeness (QED) is 0.613. The average Bonchev–Trinajstić information content (AvgIpc) is 2.78. The lowest BCUT2D eigenvalue weighted by Crippen LogP contribution is -2.55. The van der Waals surface area contributed by atoms with Crippen LogP contribution in [-0.2, 0) is 28.5 Å². The molecule has 1 fully saturated rings. The smallest absolute Gasteiger partial charge is 0.306 e. The van der Waals surface area contributed by atoms with Crippen LogP contribution < -0.4 is 0 Å². The first-order valence-electron chi connectivity index (χ1n) is 12.4. The van der Waals surface area contributed by atoms with Gasteiger partial charge in [-0.1, -0.05) is 25.2 Å². The van der Waals surface area contributed by atoms with E-state index in [4.69, 9.17) is 18.9 Å². The summed E-state index contributed by atoms with van der Waals surface area (Å²) in [6, 6.07) is -0.101. The van der Waals surface area contributed by atoms with Gasteiger partial charge in [-0.3, -0.25) is 9.59 Å². The van der Waals surface area contributed by atoms with Gasteiger partial charge in [-0.25, -0.2) is 0 Å². The number of ether oxygens (including phenoxy) is 4. The first-order chi connectivity index (χ1) is 16.1. The van der Waals surface area contributed by atoms with Crippen molar-refractivity contribution < 1.29 is 33.6 Å². The van der Waals surface area contributed by atoms with E-state index in [9.17, 15) is 14.7 Å². The van der Waals surface area contributed by atoms with Gasteiger partial charge in [-0.2, -0.15) is 0 Å². The first-order valence-corrected chi connectivity index (χ1v) is 12.4. The summed E-state index contributed by atoms with van der Waals surface area (Å²) in [7, 11) is 5.44. The number of cyclic esters (lactones) is 1. The van der Waals surface area contributed by atoms with E-state index < -0.39 is 24.6 Å². The maximum Gasteiger partial charge on any atom is 0.306 e. The van der Waals surface area contributed by atoms with Crippen molar-refractivity contribution in [3.8, 4) is 0 Å². The highest BCUT2D eigenvalue weighted by molar-refractivity contribution is 5.91. The van der Waals surface area contributed by atoms with Gasteiger partial charge in [0.1, 0.15) is 12.2 Å². The van der Waals surface area contributed by atoms with Crippen LogP contribution in [0.15, 0.2) is 24.3 Å². The summed E-state index contributed by atoms with van der Waals surface area (Å²) in [5.41, 5.74) is 0. The lowest BCUT2D eigenvalue weighted by Gasteiger charge is -2.42. The maximum absolute atomic E-state index is 12.5. The Morgan fingerprint density at radius 1 is 1.03 bits per heavy atom. The highest BCUT2D eigenvalue weighted by Gasteiger charge is 2.40. The highest BCUT2D eigenvalue weighted by atomic mass is 16.7. The molecule has 0 aliphatic carbocycles. The van der Waals surface area contributed by atoms with E-state index in [1.54, 1.807) is 25.3 Å². The Morgan fingerprint density at radius 2 is 1.76 bits per heavy atom. The summed E-state index contributed by atoms with van der Waals surface area (Å²) in [4.78, 5) is 26.9. The fourth-order valence-electron chi connectivity index (χ4n) is 4.44. The Balaban J connectivity index is 2.21. The standard InChI is InChI=1S/C26H43NO7/c1-17-12-13-23(34-26-25(30)20(27(4)5)16-19(3)33-26)22(31-6)14-15-24(29)32-18(2)10-8-7-9-11-21(17)28/h7-9,11,17-20,22-23,25-26,30H,10,12-16H2,1-6H3/b8-7+,11-9+/t17?,18-,19?,20?,22?,23+,25?,26?/m1/s1. The molecule has 0 saturated carbocycles. The number of carbonyl (C=O) groups excluding carboxylic acids is 2. The second-order valence-electron chi connectivity index (χ2n) is 9.76. The van der Waals surface area contributed by atoms with Crippen molar-refractivity contribution >= 4 is 11.8 Å². The number of carbonyl (C=O) groups is 2. The summed E-state index contributed by atoms with van der Waals surface area (Å²) >= 11 is 0. The predicted molar refractivity (Wildman–Crippen MR) is 129 cm³/mol. The summed E-state index contributed by atoms with van der Waals surface area (Å²) in [6.45, 7) is 5.70. The van der Waals surface area contributed by atoms with Crippen LogP contribution in [0.1, 0.15) is 59.3 Å². The molecular weight excluding hydrogens is 438 g/mol. The van der Waals surface area contributed by atoms with Crippen LogP contribution in [0.2, 0.25) is 0 Å². The Kier molecular flexibility index (Phi) is 11.9. The van der Waals surface area contributed by atoms with Crippen molar-refractivity contribution in [3.63, 3.8) is 0 Å². The molecule has 1 N–H and O–H groups in total. The first kappa shape index (κ1) is 28.7. The lowest BCUT2D eigenvalue weighted by molar-refractivity contribution is -0.279. The zero-order valence-electron chi connectivity index (χ0n) is 21.5. The van der Waals surface area contributed by atoms with Crippen LogP contribution in [-0.4, -0.2) is 85.8 Å². The third-order valence-corrected chi connectivity index (χ3v) is 6.61. The molecule has 2 rings (SSSR count). The van der Waals surface area contributed by atoms with Crippen molar-refractivity contribution in [2.24, 2.45) is 5.92 Å². The summed E-state index contributed by atoms with van der Waals surface area (Å²) in [6.07, 6.45) is 7.07. The number of ketones is 1. The molecule has 0 radical (unpaired) electrons. The molecule has 2 aliphatic heterocycles. The van der Waals surface area contributed by atoms with Crippen LogP contribution in [0, 0.1) is 5.92 Å². The van der Waals surface area contributed by atoms with Crippen LogP contribution in [0.3, 0.4) is 0 Å². The number of allylic oxidation sites excluding steroid dienone is 3. The number of methoxy groups -OCH3 is 1. The molecule has 0 amide bonds. The molecule has 0 bridgehead atoms. The van der Waals surface area contributed by atoms with Gasteiger partial charge in [0.2, 0.25) is 0 Å². The third kappa shape index (κ3) is 8.89. The number of esters is 1. The number of rotatable bonds is 4. The lowest BCUT2D eigenvalue weighted by atomic mass is 9.94. The van der Waals surface area contributed by atoms with Gasteiger partial charge in [-0.15, -0.1) is 0 Å². The molecule has 0 aromatic rings. The summed E-state index contributed by atoms with van der Waals surface area (Å²) in [5.74, 6) is -0.446. The Hall–Kier alpha value is -1.58. The summed E-state index contributed by atoms with van der Waals surface area (Å²) in [5, 5.41) is 10.9. The van der Waals surface area contributed by atoms with Gasteiger partial charge in [0.15, 0.2) is 12.1 Å². The maximum atomic E-state index is 12.5. The summed E-state index contributed by atoms with van der Waals surface area (Å²) < 4.78 is 23.5. The predicted octanol–water partition coefficient (Wildman–Crippen LogP) is 3.03. The fraction of sp³-hybridized carbons (Fsp3) is 0.769. The molecule has 8 nitrogen and oxygen atoms in total. The van der Waals surface area contributed by atoms with Crippen LogP contribution in [0.5, 0.6) is 0 Å². The number of aliphatic hydroxyl groups excluding tert-OH is 1. The van der Waals surface area contributed by atoms with Crippen molar-refractivity contribution in [2.45, 2.75) is 102 Å². The van der Waals surface area contributed by atoms with Gasteiger partial charge >= 0.3 is 5.97 Å². The van der Waals surface area contributed by atoms with E-state index in [1.807, 2.05) is 45.8 Å². The SMILES string of the molecule is COC1CCC(=O)O[C@H](C)C/C=C/C=C/C(=O)C(C)CC[C@@H]1OC1OC(C)CC(N(C)C)C1O. The minimum Gasteiger partial charge on any atom is -0.462 e. The van der Waals surface area contributed by atoms with Gasteiger partial charge < -0.3 is 29.0 Å². The average molecular weight is 482 g/mol. The van der Waals surface area contributed by atoms with Gasteiger partial charge in [0.05, 0.1) is 18.3 Å². The van der Waals surface area contributed by atoms with Crippen molar-refractivity contribution in [1.82, 2.24) is 4.90 Å². The molecule has 0 aromatic carbocycles. The number of likely N-dealkylation sites (N-methyl/N-ethyl adjacent to an activating group) is 1. The molecule has 8 heteroatoms. The van der Waals surface area contributed by atoms with E-state index in [0.29, 0.717) is 32.1 Å². The van der Waals surface area contributed by atoms with E-state index in [2.05, 4.69) is 0 Å². The molecule has 2 aliphatic rings. The van der Waals surface area contributed by atoms with Gasteiger partial charge in [0, 0.05) is 31.9 Å². The Bertz CT molecular complexity index is 707. The molecule has 34 heavy (non-hydrogen) atoms. The van der Waals surface area contributed by atoms with Gasteiger partial charge in [-0.05, 0) is 59.7 Å². The van der Waals surface area contributed by atoms with Gasteiger partial charge in [0.25, 0.3) is 0 Å². The largest absolute Gasteiger partial charge is 0.462 e. The minimum atomic E-state index is -0.830. The number of aliphatic hydroxyl groups is 1. The van der Waals surface area contributed by atoms with Crippen molar-refractivity contribution in [1.29, 1.82) is 0 Å². The molecule has 6 unspecified atom stereocenters. The Morgan fingerprint density at radius 3 is 2.44 bits per heavy atom. The highest BCUT2D eigenvalue weighted by Crippen LogP contribution is 2.28. The number of nitrogens with zero attached hydrogens (tertiary/aromatic N) is 1. The topological polar surface area (TPSA) is 94.5 Å². The second-order valence-corrected chi connectivity index (χ2v) is 9.76. The van der Waals surface area contributed by atoms with Crippen LogP contribution in [0.4, 0.5) is 0 Å². The molecule has 0 aromatic heterocycles. The minimum absolute atomic E-state index is 0.0409. The molecular formula is C26H43NO7. The van der Waals surface area contributed by atoms with Crippen molar-refractivity contribution in [3.05, 3.63) is 24.3 Å². The van der Waals surface area contributed by atoms with Crippen LogP contribution >= 0.6 is 0 Å². The fourth-order valence-corrected chi connectivity index (χ4v) is 4.44. The monoisotopic (exact) mass is 481 g/mol.